The number of fused-ring (bicyclic) bond motifs is 1. The van der Waals surface area contributed by atoms with Crippen LogP contribution in [0.25, 0.3) is 10.9 Å². The average molecular weight is 438 g/mol. The second kappa shape index (κ2) is 9.32. The summed E-state index contributed by atoms with van der Waals surface area (Å²) in [5, 5.41) is 14.0. The zero-order valence-electron chi connectivity index (χ0n) is 17.6. The Bertz CT molecular complexity index is 1160. The van der Waals surface area contributed by atoms with Crippen molar-refractivity contribution in [2.24, 2.45) is 0 Å². The van der Waals surface area contributed by atoms with Gasteiger partial charge in [0.25, 0.3) is 5.91 Å². The predicted octanol–water partition coefficient (Wildman–Crippen LogP) is 3.37. The Balaban J connectivity index is 1.76. The molecule has 2 N–H and O–H groups in total. The lowest BCUT2D eigenvalue weighted by molar-refractivity contribution is 0.0597. The molecule has 0 atom stereocenters. The molecule has 2 heterocycles. The number of rotatable bonds is 5. The van der Waals surface area contributed by atoms with Gasteiger partial charge < -0.3 is 19.9 Å². The molecule has 8 heteroatoms. The normalized spacial score (nSPS) is 14.3. The van der Waals surface area contributed by atoms with Gasteiger partial charge in [0.05, 0.1) is 7.11 Å². The SMILES string of the molecule is COC(=O)c1cc(C(=O)NC2CCOCC2)c2cc(Cc3ccc(F)cc3)cnc2c1O. The number of aromatic nitrogens is 1. The first-order chi connectivity index (χ1) is 15.5. The molecule has 1 saturated heterocycles. The van der Waals surface area contributed by atoms with E-state index in [1.807, 2.05) is 0 Å². The first-order valence-corrected chi connectivity index (χ1v) is 10.3. The zero-order valence-corrected chi connectivity index (χ0v) is 17.6. The number of methoxy groups -OCH3 is 1. The fourth-order valence-corrected chi connectivity index (χ4v) is 3.81. The summed E-state index contributed by atoms with van der Waals surface area (Å²) in [6.07, 6.45) is 3.41. The lowest BCUT2D eigenvalue weighted by Crippen LogP contribution is -2.39. The molecule has 0 radical (unpaired) electrons. The van der Waals surface area contributed by atoms with E-state index in [-0.39, 0.29) is 40.2 Å². The van der Waals surface area contributed by atoms with Crippen molar-refractivity contribution in [2.75, 3.05) is 20.3 Å². The maximum Gasteiger partial charge on any atom is 0.341 e. The third kappa shape index (κ3) is 4.55. The smallest absolute Gasteiger partial charge is 0.341 e. The number of amides is 1. The molecule has 0 saturated carbocycles. The third-order valence-electron chi connectivity index (χ3n) is 5.53. The number of pyridine rings is 1. The molecule has 0 spiro atoms. The van der Waals surface area contributed by atoms with Crippen molar-refractivity contribution in [3.8, 4) is 5.75 Å². The van der Waals surface area contributed by atoms with Gasteiger partial charge in [0.15, 0.2) is 5.75 Å². The molecule has 4 rings (SSSR count). The van der Waals surface area contributed by atoms with E-state index in [2.05, 4.69) is 10.3 Å². The van der Waals surface area contributed by atoms with Crippen molar-refractivity contribution in [2.45, 2.75) is 25.3 Å². The summed E-state index contributed by atoms with van der Waals surface area (Å²) in [7, 11) is 1.20. The standard InChI is InChI=1S/C24H23FN2O5/c1-31-24(30)20-12-19(23(29)27-17-6-8-32-9-7-17)18-11-15(13-26-21(18)22(20)28)10-14-2-4-16(25)5-3-14/h2-5,11-13,17,28H,6-10H2,1H3,(H,27,29). The van der Waals surface area contributed by atoms with E-state index in [4.69, 9.17) is 9.47 Å². The number of ether oxygens (including phenoxy) is 2. The van der Waals surface area contributed by atoms with E-state index in [0.29, 0.717) is 37.9 Å². The fraction of sp³-hybridized carbons (Fsp3) is 0.292. The Labute approximate surface area is 184 Å². The second-order valence-electron chi connectivity index (χ2n) is 7.71. The molecular weight excluding hydrogens is 415 g/mol. The van der Waals surface area contributed by atoms with Crippen LogP contribution in [0.3, 0.4) is 0 Å². The van der Waals surface area contributed by atoms with E-state index in [1.165, 1.54) is 25.3 Å². The van der Waals surface area contributed by atoms with Gasteiger partial charge >= 0.3 is 5.97 Å². The molecule has 0 bridgehead atoms. The summed E-state index contributed by atoms with van der Waals surface area (Å²) in [5.41, 5.74) is 1.87. The molecule has 1 aliphatic rings. The Morgan fingerprint density at radius 3 is 2.56 bits per heavy atom. The Hall–Kier alpha value is -3.52. The van der Waals surface area contributed by atoms with E-state index < -0.39 is 5.97 Å². The van der Waals surface area contributed by atoms with E-state index >= 15 is 0 Å². The molecule has 1 amide bonds. The fourth-order valence-electron chi connectivity index (χ4n) is 3.81. The number of phenols is 1. The van der Waals surface area contributed by atoms with Crippen LogP contribution in [-0.2, 0) is 15.9 Å². The highest BCUT2D eigenvalue weighted by molar-refractivity contribution is 6.11. The van der Waals surface area contributed by atoms with Crippen LogP contribution in [0.15, 0.2) is 42.6 Å². The number of nitrogens with one attached hydrogen (secondary N) is 1. The number of halogens is 1. The van der Waals surface area contributed by atoms with Crippen molar-refractivity contribution in [3.05, 3.63) is 70.7 Å². The highest BCUT2D eigenvalue weighted by Crippen LogP contribution is 2.32. The van der Waals surface area contributed by atoms with Crippen LogP contribution in [0.1, 0.15) is 44.7 Å². The topological polar surface area (TPSA) is 97.8 Å². The molecule has 7 nitrogen and oxygen atoms in total. The highest BCUT2D eigenvalue weighted by Gasteiger charge is 2.24. The first-order valence-electron chi connectivity index (χ1n) is 10.3. The first kappa shape index (κ1) is 21.7. The molecule has 3 aromatic rings. The van der Waals surface area contributed by atoms with Crippen molar-refractivity contribution in [1.29, 1.82) is 0 Å². The lowest BCUT2D eigenvalue weighted by Gasteiger charge is -2.23. The van der Waals surface area contributed by atoms with Crippen LogP contribution >= 0.6 is 0 Å². The Kier molecular flexibility index (Phi) is 6.32. The predicted molar refractivity (Wildman–Crippen MR) is 115 cm³/mol. The summed E-state index contributed by atoms with van der Waals surface area (Å²) in [6, 6.07) is 9.16. The molecule has 32 heavy (non-hydrogen) atoms. The monoisotopic (exact) mass is 438 g/mol. The largest absolute Gasteiger partial charge is 0.505 e. The maximum atomic E-state index is 13.2. The van der Waals surface area contributed by atoms with Crippen molar-refractivity contribution in [3.63, 3.8) is 0 Å². The van der Waals surface area contributed by atoms with Gasteiger partial charge in [-0.05, 0) is 54.7 Å². The van der Waals surface area contributed by atoms with Crippen molar-refractivity contribution >= 4 is 22.8 Å². The van der Waals surface area contributed by atoms with Crippen LogP contribution in [0.5, 0.6) is 5.75 Å². The van der Waals surface area contributed by atoms with Gasteiger partial charge in [0.2, 0.25) is 0 Å². The molecule has 0 aliphatic carbocycles. The third-order valence-corrected chi connectivity index (χ3v) is 5.53. The Morgan fingerprint density at radius 1 is 1.16 bits per heavy atom. The highest BCUT2D eigenvalue weighted by atomic mass is 19.1. The number of phenolic OH excluding ortho intramolecular Hbond substituents is 1. The number of nitrogens with zero attached hydrogens (tertiary/aromatic N) is 1. The van der Waals surface area contributed by atoms with Gasteiger partial charge in [-0.15, -0.1) is 0 Å². The van der Waals surface area contributed by atoms with Crippen LogP contribution in [0.4, 0.5) is 4.39 Å². The molecular formula is C24H23FN2O5. The number of benzene rings is 2. The number of carbonyl (C=O) groups excluding carboxylic acids is 2. The summed E-state index contributed by atoms with van der Waals surface area (Å²) in [6.45, 7) is 1.14. The second-order valence-corrected chi connectivity index (χ2v) is 7.71. The summed E-state index contributed by atoms with van der Waals surface area (Å²) >= 11 is 0. The number of hydrogen-bond acceptors (Lipinski definition) is 6. The summed E-state index contributed by atoms with van der Waals surface area (Å²) < 4.78 is 23.3. The molecule has 166 valence electrons. The minimum atomic E-state index is -0.762. The van der Waals surface area contributed by atoms with Crippen LogP contribution < -0.4 is 5.32 Å². The summed E-state index contributed by atoms with van der Waals surface area (Å²) in [5.74, 6) is -1.80. The maximum absolute atomic E-state index is 13.2. The van der Waals surface area contributed by atoms with E-state index in [9.17, 15) is 19.1 Å². The zero-order chi connectivity index (χ0) is 22.7. The number of aromatic hydroxyl groups is 1. The van der Waals surface area contributed by atoms with Gasteiger partial charge in [-0.25, -0.2) is 9.18 Å². The minimum absolute atomic E-state index is 0.0444. The number of hydrogen-bond donors (Lipinski definition) is 2. The lowest BCUT2D eigenvalue weighted by atomic mass is 9.98. The molecule has 1 aromatic heterocycles. The van der Waals surface area contributed by atoms with Gasteiger partial charge in [0, 0.05) is 36.4 Å². The number of carbonyl (C=O) groups is 2. The quantitative estimate of drug-likeness (QED) is 0.593. The molecule has 0 unspecified atom stereocenters. The number of esters is 1. The van der Waals surface area contributed by atoms with Gasteiger partial charge in [-0.2, -0.15) is 0 Å². The Morgan fingerprint density at radius 2 is 1.88 bits per heavy atom. The van der Waals surface area contributed by atoms with E-state index in [0.717, 1.165) is 11.1 Å². The van der Waals surface area contributed by atoms with Gasteiger partial charge in [0.1, 0.15) is 16.9 Å². The summed E-state index contributed by atoms with van der Waals surface area (Å²) in [4.78, 5) is 29.7. The minimum Gasteiger partial charge on any atom is -0.505 e. The van der Waals surface area contributed by atoms with Gasteiger partial charge in [-0.1, -0.05) is 12.1 Å². The molecule has 1 fully saturated rings. The van der Waals surface area contributed by atoms with Crippen LogP contribution in [0.2, 0.25) is 0 Å². The average Bonchev–Trinajstić information content (AvgIpc) is 2.81. The van der Waals surface area contributed by atoms with Crippen molar-refractivity contribution < 1.29 is 28.6 Å². The van der Waals surface area contributed by atoms with Crippen LogP contribution in [0, 0.1) is 5.82 Å². The van der Waals surface area contributed by atoms with Crippen LogP contribution in [-0.4, -0.2) is 48.3 Å². The molecule has 1 aliphatic heterocycles. The van der Waals surface area contributed by atoms with Crippen molar-refractivity contribution in [1.82, 2.24) is 10.3 Å². The van der Waals surface area contributed by atoms with Gasteiger partial charge in [-0.3, -0.25) is 9.78 Å². The van der Waals surface area contributed by atoms with E-state index in [1.54, 1.807) is 24.4 Å². The molecule has 2 aromatic carbocycles.